The van der Waals surface area contributed by atoms with Gasteiger partial charge in [0.2, 0.25) is 0 Å². The van der Waals surface area contributed by atoms with Crippen molar-refractivity contribution in [3.63, 3.8) is 0 Å². The molecule has 16 heavy (non-hydrogen) atoms. The summed E-state index contributed by atoms with van der Waals surface area (Å²) in [4.78, 5) is 0. The number of hydrogen-bond acceptors (Lipinski definition) is 3. The Labute approximate surface area is 103 Å². The van der Waals surface area contributed by atoms with Crippen LogP contribution in [0.3, 0.4) is 0 Å². The third kappa shape index (κ3) is 5.03. The third-order valence-electron chi connectivity index (χ3n) is 2.24. The molecular weight excluding hydrogens is 218 g/mol. The maximum atomic E-state index is 6.11. The molecule has 2 N–H and O–H groups in total. The van der Waals surface area contributed by atoms with Crippen molar-refractivity contribution in [2.24, 2.45) is 5.73 Å². The molecular formula is C12H23N3S. The topological polar surface area (TPSA) is 43.8 Å². The summed E-state index contributed by atoms with van der Waals surface area (Å²) in [6.45, 7) is 9.68. The van der Waals surface area contributed by atoms with Gasteiger partial charge in [-0.05, 0) is 18.9 Å². The molecule has 1 aromatic heterocycles. The highest BCUT2D eigenvalue weighted by atomic mass is 32.2. The minimum absolute atomic E-state index is 0.221. The second-order valence-corrected chi connectivity index (χ2v) is 6.94. The van der Waals surface area contributed by atoms with Crippen LogP contribution >= 0.6 is 11.8 Å². The van der Waals surface area contributed by atoms with E-state index in [4.69, 9.17) is 5.73 Å². The fourth-order valence-electron chi connectivity index (χ4n) is 1.40. The molecule has 0 amide bonds. The highest BCUT2D eigenvalue weighted by Gasteiger charge is 2.13. The SMILES string of the molecule is CCn1cc(CC(N)CSC(C)(C)C)cn1. The molecule has 92 valence electrons. The van der Waals surface area contributed by atoms with Crippen LogP contribution in [0.2, 0.25) is 0 Å². The third-order valence-corrected chi connectivity index (χ3v) is 3.70. The van der Waals surface area contributed by atoms with Crippen molar-refractivity contribution in [1.29, 1.82) is 0 Å². The Morgan fingerprint density at radius 3 is 2.69 bits per heavy atom. The predicted molar refractivity (Wildman–Crippen MR) is 71.8 cm³/mol. The Morgan fingerprint density at radius 1 is 1.50 bits per heavy atom. The van der Waals surface area contributed by atoms with Crippen molar-refractivity contribution in [3.8, 4) is 0 Å². The van der Waals surface area contributed by atoms with Crippen LogP contribution in [-0.2, 0) is 13.0 Å². The summed E-state index contributed by atoms with van der Waals surface area (Å²) in [6.07, 6.45) is 4.93. The molecule has 1 rings (SSSR count). The molecule has 1 atom stereocenters. The van der Waals surface area contributed by atoms with Gasteiger partial charge in [0.15, 0.2) is 0 Å². The van der Waals surface area contributed by atoms with Gasteiger partial charge in [-0.15, -0.1) is 0 Å². The monoisotopic (exact) mass is 241 g/mol. The van der Waals surface area contributed by atoms with Crippen LogP contribution in [0, 0.1) is 0 Å². The molecule has 4 heteroatoms. The Morgan fingerprint density at radius 2 is 2.19 bits per heavy atom. The minimum atomic E-state index is 0.221. The van der Waals surface area contributed by atoms with Gasteiger partial charge in [-0.1, -0.05) is 20.8 Å². The molecule has 0 aliphatic carbocycles. The largest absolute Gasteiger partial charge is 0.327 e. The van der Waals surface area contributed by atoms with Crippen molar-refractivity contribution in [2.45, 2.75) is 51.4 Å². The smallest absolute Gasteiger partial charge is 0.0522 e. The molecule has 1 aromatic rings. The standard InChI is InChI=1S/C12H23N3S/c1-5-15-8-10(7-14-15)6-11(13)9-16-12(2,3)4/h7-8,11H,5-6,9,13H2,1-4H3. The number of hydrogen-bond donors (Lipinski definition) is 1. The molecule has 1 unspecified atom stereocenters. The van der Waals surface area contributed by atoms with Crippen LogP contribution in [0.15, 0.2) is 12.4 Å². The Bertz CT molecular complexity index is 314. The maximum Gasteiger partial charge on any atom is 0.0522 e. The lowest BCUT2D eigenvalue weighted by molar-refractivity contribution is 0.658. The van der Waals surface area contributed by atoms with Crippen LogP contribution in [-0.4, -0.2) is 26.3 Å². The summed E-state index contributed by atoms with van der Waals surface area (Å²) >= 11 is 1.92. The highest BCUT2D eigenvalue weighted by Crippen LogP contribution is 2.23. The van der Waals surface area contributed by atoms with Gasteiger partial charge in [-0.25, -0.2) is 0 Å². The van der Waals surface area contributed by atoms with E-state index in [-0.39, 0.29) is 6.04 Å². The van der Waals surface area contributed by atoms with Crippen LogP contribution in [0.5, 0.6) is 0 Å². The van der Waals surface area contributed by atoms with Crippen LogP contribution in [0.4, 0.5) is 0 Å². The molecule has 0 saturated carbocycles. The van der Waals surface area contributed by atoms with Crippen molar-refractivity contribution < 1.29 is 0 Å². The van der Waals surface area contributed by atoms with Crippen LogP contribution < -0.4 is 5.73 Å². The van der Waals surface area contributed by atoms with E-state index < -0.39 is 0 Å². The van der Waals surface area contributed by atoms with Crippen LogP contribution in [0.25, 0.3) is 0 Å². The summed E-state index contributed by atoms with van der Waals surface area (Å²) in [6, 6.07) is 0.221. The number of aryl methyl sites for hydroxylation is 1. The lowest BCUT2D eigenvalue weighted by atomic mass is 10.1. The van der Waals surface area contributed by atoms with Gasteiger partial charge in [0.1, 0.15) is 0 Å². The number of rotatable bonds is 5. The maximum absolute atomic E-state index is 6.11. The van der Waals surface area contributed by atoms with Gasteiger partial charge in [0.05, 0.1) is 6.20 Å². The average molecular weight is 241 g/mol. The first kappa shape index (κ1) is 13.6. The van der Waals surface area contributed by atoms with Gasteiger partial charge in [-0.3, -0.25) is 4.68 Å². The van der Waals surface area contributed by atoms with Crippen molar-refractivity contribution >= 4 is 11.8 Å². The van der Waals surface area contributed by atoms with E-state index in [1.165, 1.54) is 5.56 Å². The Kier molecular flexibility index (Phi) is 4.87. The van der Waals surface area contributed by atoms with E-state index >= 15 is 0 Å². The molecule has 0 aromatic carbocycles. The van der Waals surface area contributed by atoms with Crippen LogP contribution in [0.1, 0.15) is 33.3 Å². The fourth-order valence-corrected chi connectivity index (χ4v) is 2.24. The Balaban J connectivity index is 2.36. The van der Waals surface area contributed by atoms with Gasteiger partial charge in [0, 0.05) is 29.3 Å². The highest BCUT2D eigenvalue weighted by molar-refractivity contribution is 8.00. The van der Waals surface area contributed by atoms with E-state index in [0.717, 1.165) is 18.7 Å². The Hall–Kier alpha value is -0.480. The van der Waals surface area contributed by atoms with Crippen molar-refractivity contribution in [3.05, 3.63) is 18.0 Å². The van der Waals surface area contributed by atoms with E-state index in [1.807, 2.05) is 22.6 Å². The van der Waals surface area contributed by atoms with E-state index in [1.54, 1.807) is 0 Å². The van der Waals surface area contributed by atoms with Gasteiger partial charge < -0.3 is 5.73 Å². The molecule has 0 aliphatic rings. The molecule has 0 bridgehead atoms. The summed E-state index contributed by atoms with van der Waals surface area (Å²) in [5.74, 6) is 1.00. The fraction of sp³-hybridized carbons (Fsp3) is 0.750. The van der Waals surface area contributed by atoms with E-state index in [2.05, 4.69) is 39.0 Å². The van der Waals surface area contributed by atoms with Gasteiger partial charge in [-0.2, -0.15) is 16.9 Å². The second-order valence-electron chi connectivity index (χ2n) is 5.09. The molecule has 1 heterocycles. The first-order chi connectivity index (χ1) is 7.40. The molecule has 0 radical (unpaired) electrons. The summed E-state index contributed by atoms with van der Waals surface area (Å²) in [5.41, 5.74) is 7.35. The lowest BCUT2D eigenvalue weighted by Crippen LogP contribution is -2.27. The normalized spacial score (nSPS) is 14.1. The van der Waals surface area contributed by atoms with Crippen molar-refractivity contribution in [1.82, 2.24) is 9.78 Å². The number of aromatic nitrogens is 2. The number of thioether (sulfide) groups is 1. The summed E-state index contributed by atoms with van der Waals surface area (Å²) < 4.78 is 2.24. The predicted octanol–water partition coefficient (Wildman–Crippen LogP) is 2.30. The molecule has 0 saturated heterocycles. The first-order valence-corrected chi connectivity index (χ1v) is 6.80. The summed E-state index contributed by atoms with van der Waals surface area (Å²) in [7, 11) is 0. The zero-order valence-corrected chi connectivity index (χ0v) is 11.5. The molecule has 3 nitrogen and oxygen atoms in total. The van der Waals surface area contributed by atoms with Crippen molar-refractivity contribution in [2.75, 3.05) is 5.75 Å². The summed E-state index contributed by atoms with van der Waals surface area (Å²) in [5, 5.41) is 4.25. The number of nitrogens with two attached hydrogens (primary N) is 1. The molecule has 0 aliphatic heterocycles. The minimum Gasteiger partial charge on any atom is -0.327 e. The zero-order valence-electron chi connectivity index (χ0n) is 10.7. The first-order valence-electron chi connectivity index (χ1n) is 5.81. The zero-order chi connectivity index (χ0) is 12.2. The van der Waals surface area contributed by atoms with E-state index in [0.29, 0.717) is 4.75 Å². The number of nitrogens with zero attached hydrogens (tertiary/aromatic N) is 2. The second kappa shape index (κ2) is 5.73. The molecule has 0 fully saturated rings. The van der Waals surface area contributed by atoms with Gasteiger partial charge >= 0.3 is 0 Å². The van der Waals surface area contributed by atoms with Gasteiger partial charge in [0.25, 0.3) is 0 Å². The lowest BCUT2D eigenvalue weighted by Gasteiger charge is -2.20. The molecule has 0 spiro atoms. The quantitative estimate of drug-likeness (QED) is 0.860. The van der Waals surface area contributed by atoms with E-state index in [9.17, 15) is 0 Å². The average Bonchev–Trinajstić information content (AvgIpc) is 2.61.